The molecule has 2 aromatic rings. The van der Waals surface area contributed by atoms with E-state index in [-0.39, 0.29) is 19.1 Å². The SMILES string of the molecule is COc1ccccc1COC(=O)CNC(=O)c1ccc(Cl)cc1. The molecule has 2 aromatic carbocycles. The number of carbonyl (C=O) groups excluding carboxylic acids is 2. The summed E-state index contributed by atoms with van der Waals surface area (Å²) in [6.07, 6.45) is 0. The van der Waals surface area contributed by atoms with Crippen LogP contribution in [-0.4, -0.2) is 25.5 Å². The van der Waals surface area contributed by atoms with Gasteiger partial charge in [0.2, 0.25) is 0 Å². The van der Waals surface area contributed by atoms with Crippen molar-refractivity contribution in [3.63, 3.8) is 0 Å². The smallest absolute Gasteiger partial charge is 0.325 e. The van der Waals surface area contributed by atoms with Crippen LogP contribution >= 0.6 is 11.6 Å². The molecule has 0 bridgehead atoms. The first-order chi connectivity index (χ1) is 11.1. The summed E-state index contributed by atoms with van der Waals surface area (Å²) in [5, 5.41) is 3.03. The molecule has 1 N–H and O–H groups in total. The number of hydrogen-bond acceptors (Lipinski definition) is 4. The number of rotatable bonds is 6. The van der Waals surface area contributed by atoms with Gasteiger partial charge in [-0.15, -0.1) is 0 Å². The molecular formula is C17H16ClNO4. The lowest BCUT2D eigenvalue weighted by Gasteiger charge is -2.09. The minimum atomic E-state index is -0.529. The number of nitrogens with one attached hydrogen (secondary N) is 1. The van der Waals surface area contributed by atoms with Crippen molar-refractivity contribution in [2.24, 2.45) is 0 Å². The maximum Gasteiger partial charge on any atom is 0.325 e. The number of benzene rings is 2. The molecule has 1 amide bonds. The normalized spacial score (nSPS) is 10.0. The average Bonchev–Trinajstić information content (AvgIpc) is 2.58. The summed E-state index contributed by atoms with van der Waals surface area (Å²) < 4.78 is 10.3. The molecule has 0 aromatic heterocycles. The van der Waals surface area contributed by atoms with Crippen LogP contribution in [0.25, 0.3) is 0 Å². The molecule has 120 valence electrons. The van der Waals surface area contributed by atoms with Gasteiger partial charge in [0.1, 0.15) is 18.9 Å². The summed E-state index contributed by atoms with van der Waals surface area (Å²) in [5.74, 6) is -0.250. The Morgan fingerprint density at radius 3 is 2.48 bits per heavy atom. The molecule has 0 heterocycles. The lowest BCUT2D eigenvalue weighted by molar-refractivity contribution is -0.143. The van der Waals surface area contributed by atoms with E-state index < -0.39 is 5.97 Å². The fourth-order valence-electron chi connectivity index (χ4n) is 1.89. The standard InChI is InChI=1S/C17H16ClNO4/c1-22-15-5-3-2-4-13(15)11-23-16(20)10-19-17(21)12-6-8-14(18)9-7-12/h2-9H,10-11H2,1H3,(H,19,21). The van der Waals surface area contributed by atoms with E-state index in [1.165, 1.54) is 0 Å². The predicted octanol–water partition coefficient (Wildman–Crippen LogP) is 2.82. The van der Waals surface area contributed by atoms with Crippen molar-refractivity contribution in [1.82, 2.24) is 5.32 Å². The van der Waals surface area contributed by atoms with Crippen molar-refractivity contribution in [2.45, 2.75) is 6.61 Å². The number of carbonyl (C=O) groups is 2. The summed E-state index contributed by atoms with van der Waals surface area (Å²) in [6.45, 7) is -0.129. The number of hydrogen-bond donors (Lipinski definition) is 1. The van der Waals surface area contributed by atoms with E-state index in [0.717, 1.165) is 5.56 Å². The average molecular weight is 334 g/mol. The van der Waals surface area contributed by atoms with Crippen molar-refractivity contribution in [3.05, 3.63) is 64.7 Å². The zero-order chi connectivity index (χ0) is 16.7. The summed E-state index contributed by atoms with van der Waals surface area (Å²) in [4.78, 5) is 23.6. The van der Waals surface area contributed by atoms with Gasteiger partial charge in [-0.05, 0) is 30.3 Å². The van der Waals surface area contributed by atoms with Gasteiger partial charge < -0.3 is 14.8 Å². The second-order valence-electron chi connectivity index (χ2n) is 4.66. The van der Waals surface area contributed by atoms with Gasteiger partial charge in [0.15, 0.2) is 0 Å². The molecule has 0 spiro atoms. The molecule has 23 heavy (non-hydrogen) atoms. The zero-order valence-electron chi connectivity index (χ0n) is 12.5. The van der Waals surface area contributed by atoms with Gasteiger partial charge in [0, 0.05) is 16.1 Å². The van der Waals surface area contributed by atoms with Crippen LogP contribution in [-0.2, 0) is 16.1 Å². The Balaban J connectivity index is 1.81. The molecule has 0 saturated carbocycles. The minimum absolute atomic E-state index is 0.0830. The van der Waals surface area contributed by atoms with E-state index in [0.29, 0.717) is 16.3 Å². The molecular weight excluding hydrogens is 318 g/mol. The molecule has 0 aliphatic heterocycles. The highest BCUT2D eigenvalue weighted by Gasteiger charge is 2.10. The first-order valence-corrected chi connectivity index (χ1v) is 7.29. The third-order valence-electron chi connectivity index (χ3n) is 3.08. The van der Waals surface area contributed by atoms with Gasteiger partial charge >= 0.3 is 5.97 Å². The first kappa shape index (κ1) is 16.8. The van der Waals surface area contributed by atoms with E-state index in [1.807, 2.05) is 12.1 Å². The van der Waals surface area contributed by atoms with Crippen LogP contribution in [0, 0.1) is 0 Å². The molecule has 0 atom stereocenters. The van der Waals surface area contributed by atoms with Gasteiger partial charge in [0.25, 0.3) is 5.91 Å². The summed E-state index contributed by atoms with van der Waals surface area (Å²) in [5.41, 5.74) is 1.18. The maximum absolute atomic E-state index is 11.9. The number of para-hydroxylation sites is 1. The van der Waals surface area contributed by atoms with Crippen LogP contribution in [0.1, 0.15) is 15.9 Å². The van der Waals surface area contributed by atoms with Gasteiger partial charge in [0.05, 0.1) is 7.11 Å². The lowest BCUT2D eigenvalue weighted by atomic mass is 10.2. The van der Waals surface area contributed by atoms with Gasteiger partial charge in [-0.2, -0.15) is 0 Å². The van der Waals surface area contributed by atoms with Crippen LogP contribution in [0.5, 0.6) is 5.75 Å². The topological polar surface area (TPSA) is 64.6 Å². The number of amides is 1. The molecule has 6 heteroatoms. The number of esters is 1. The molecule has 2 rings (SSSR count). The highest BCUT2D eigenvalue weighted by atomic mass is 35.5. The van der Waals surface area contributed by atoms with Crippen molar-refractivity contribution in [3.8, 4) is 5.75 Å². The van der Waals surface area contributed by atoms with E-state index in [2.05, 4.69) is 5.32 Å². The number of methoxy groups -OCH3 is 1. The van der Waals surface area contributed by atoms with Gasteiger partial charge in [-0.3, -0.25) is 9.59 Å². The van der Waals surface area contributed by atoms with E-state index in [1.54, 1.807) is 43.5 Å². The Labute approximate surface area is 139 Å². The summed E-state index contributed by atoms with van der Waals surface area (Å²) >= 11 is 5.75. The molecule has 0 saturated heterocycles. The van der Waals surface area contributed by atoms with E-state index in [9.17, 15) is 9.59 Å². The summed E-state index contributed by atoms with van der Waals surface area (Å²) in [7, 11) is 1.55. The molecule has 0 aliphatic carbocycles. The minimum Gasteiger partial charge on any atom is -0.496 e. The number of halogens is 1. The van der Waals surface area contributed by atoms with Crippen LogP contribution < -0.4 is 10.1 Å². The molecule has 0 aliphatic rings. The maximum atomic E-state index is 11.9. The highest BCUT2D eigenvalue weighted by molar-refractivity contribution is 6.30. The Morgan fingerprint density at radius 1 is 1.09 bits per heavy atom. The second-order valence-corrected chi connectivity index (χ2v) is 5.10. The van der Waals surface area contributed by atoms with Gasteiger partial charge in [-0.1, -0.05) is 29.8 Å². The Bertz CT molecular complexity index is 685. The van der Waals surface area contributed by atoms with Crippen LogP contribution in [0.2, 0.25) is 5.02 Å². The first-order valence-electron chi connectivity index (χ1n) is 6.91. The Hall–Kier alpha value is -2.53. The largest absolute Gasteiger partial charge is 0.496 e. The predicted molar refractivity (Wildman–Crippen MR) is 86.6 cm³/mol. The third-order valence-corrected chi connectivity index (χ3v) is 3.33. The van der Waals surface area contributed by atoms with Crippen LogP contribution in [0.3, 0.4) is 0 Å². The van der Waals surface area contributed by atoms with Crippen LogP contribution in [0.15, 0.2) is 48.5 Å². The Morgan fingerprint density at radius 2 is 1.78 bits per heavy atom. The molecule has 5 nitrogen and oxygen atoms in total. The van der Waals surface area contributed by atoms with Crippen LogP contribution in [0.4, 0.5) is 0 Å². The van der Waals surface area contributed by atoms with Gasteiger partial charge in [-0.25, -0.2) is 0 Å². The third kappa shape index (κ3) is 5.00. The quantitative estimate of drug-likeness (QED) is 0.826. The fourth-order valence-corrected chi connectivity index (χ4v) is 2.01. The fraction of sp³-hybridized carbons (Fsp3) is 0.176. The molecule has 0 unspecified atom stereocenters. The zero-order valence-corrected chi connectivity index (χ0v) is 13.3. The van der Waals surface area contributed by atoms with E-state index in [4.69, 9.17) is 21.1 Å². The summed E-state index contributed by atoms with van der Waals surface area (Å²) in [6, 6.07) is 13.6. The highest BCUT2D eigenvalue weighted by Crippen LogP contribution is 2.17. The van der Waals surface area contributed by atoms with Crippen molar-refractivity contribution in [1.29, 1.82) is 0 Å². The molecule has 0 fully saturated rings. The monoisotopic (exact) mass is 333 g/mol. The second kappa shape index (κ2) is 8.19. The molecule has 0 radical (unpaired) electrons. The van der Waals surface area contributed by atoms with Crippen molar-refractivity contribution in [2.75, 3.05) is 13.7 Å². The van der Waals surface area contributed by atoms with Crippen molar-refractivity contribution >= 4 is 23.5 Å². The van der Waals surface area contributed by atoms with E-state index >= 15 is 0 Å². The number of ether oxygens (including phenoxy) is 2. The lowest BCUT2D eigenvalue weighted by Crippen LogP contribution is -2.30. The Kier molecular flexibility index (Phi) is 6.00. The van der Waals surface area contributed by atoms with Crippen molar-refractivity contribution < 1.29 is 19.1 Å².